The van der Waals surface area contributed by atoms with E-state index in [-0.39, 0.29) is 37.2 Å². The van der Waals surface area contributed by atoms with Gasteiger partial charge in [0, 0.05) is 25.8 Å². The molecule has 3 N–H and O–H groups in total. The molecule has 1 aromatic heterocycles. The van der Waals surface area contributed by atoms with Crippen molar-refractivity contribution in [3.05, 3.63) is 23.9 Å². The van der Waals surface area contributed by atoms with Crippen molar-refractivity contribution >= 4 is 43.0 Å². The predicted molar refractivity (Wildman–Crippen MR) is 80.9 cm³/mol. The highest BCUT2D eigenvalue weighted by Gasteiger charge is 1.94. The van der Waals surface area contributed by atoms with E-state index in [4.69, 9.17) is 5.73 Å². The fourth-order valence-corrected chi connectivity index (χ4v) is 1.06. The number of nitrogens with zero attached hydrogens (tertiary/aromatic N) is 2. The van der Waals surface area contributed by atoms with Crippen molar-refractivity contribution in [2.75, 3.05) is 32.5 Å². The van der Waals surface area contributed by atoms with Crippen LogP contribution in [0.5, 0.6) is 0 Å². The number of pyridine rings is 1. The molecule has 0 saturated carbocycles. The van der Waals surface area contributed by atoms with E-state index in [0.717, 1.165) is 24.5 Å². The molecular formula is C10H21Cl3N4. The van der Waals surface area contributed by atoms with Gasteiger partial charge in [0.25, 0.3) is 0 Å². The van der Waals surface area contributed by atoms with Crippen molar-refractivity contribution in [3.63, 3.8) is 0 Å². The average molecular weight is 304 g/mol. The van der Waals surface area contributed by atoms with Gasteiger partial charge in [0.2, 0.25) is 0 Å². The number of rotatable bonds is 5. The molecule has 7 heteroatoms. The van der Waals surface area contributed by atoms with E-state index in [2.05, 4.69) is 15.2 Å². The van der Waals surface area contributed by atoms with Crippen LogP contribution >= 0.6 is 37.2 Å². The van der Waals surface area contributed by atoms with E-state index in [1.165, 1.54) is 0 Å². The van der Waals surface area contributed by atoms with Crippen LogP contribution in [-0.2, 0) is 6.54 Å². The third-order valence-electron chi connectivity index (χ3n) is 1.93. The van der Waals surface area contributed by atoms with E-state index in [9.17, 15) is 0 Å². The summed E-state index contributed by atoms with van der Waals surface area (Å²) in [4.78, 5) is 6.36. The minimum atomic E-state index is 0. The molecule has 0 radical (unpaired) electrons. The molecule has 0 saturated heterocycles. The predicted octanol–water partition coefficient (Wildman–Crippen LogP) is 1.78. The van der Waals surface area contributed by atoms with Gasteiger partial charge in [-0.3, -0.25) is 0 Å². The standard InChI is InChI=1S/C10H18N4.3ClH/c1-14(2)6-5-12-10-4-3-9(7-11)8-13-10;;;/h3-4,8H,5-7,11H2,1-2H3,(H,12,13);3*1H. The third kappa shape index (κ3) is 9.44. The van der Waals surface area contributed by atoms with Crippen LogP contribution in [0, 0.1) is 0 Å². The zero-order chi connectivity index (χ0) is 10.4. The van der Waals surface area contributed by atoms with E-state index >= 15 is 0 Å². The van der Waals surface area contributed by atoms with Crippen LogP contribution in [0.3, 0.4) is 0 Å². The summed E-state index contributed by atoms with van der Waals surface area (Å²) in [7, 11) is 4.10. The van der Waals surface area contributed by atoms with Crippen molar-refractivity contribution < 1.29 is 0 Å². The highest BCUT2D eigenvalue weighted by Crippen LogP contribution is 2.03. The number of aromatic nitrogens is 1. The Morgan fingerprint density at radius 1 is 1.24 bits per heavy atom. The Labute approximate surface area is 122 Å². The van der Waals surface area contributed by atoms with Gasteiger partial charge in [0.05, 0.1) is 0 Å². The Morgan fingerprint density at radius 2 is 1.88 bits per heavy atom. The first kappa shape index (κ1) is 22.0. The Morgan fingerprint density at radius 3 is 2.29 bits per heavy atom. The Bertz CT molecular complexity index is 267. The van der Waals surface area contributed by atoms with Crippen LogP contribution in [0.4, 0.5) is 5.82 Å². The maximum atomic E-state index is 5.47. The second kappa shape index (κ2) is 12.2. The average Bonchev–Trinajstić information content (AvgIpc) is 2.18. The van der Waals surface area contributed by atoms with Crippen molar-refractivity contribution in [1.82, 2.24) is 9.88 Å². The van der Waals surface area contributed by atoms with Crippen molar-refractivity contribution in [1.29, 1.82) is 0 Å². The van der Waals surface area contributed by atoms with Crippen LogP contribution < -0.4 is 11.1 Å². The van der Waals surface area contributed by atoms with Gasteiger partial charge in [0.15, 0.2) is 0 Å². The summed E-state index contributed by atoms with van der Waals surface area (Å²) in [6.45, 7) is 2.45. The van der Waals surface area contributed by atoms with Crippen LogP contribution in [0.2, 0.25) is 0 Å². The molecule has 17 heavy (non-hydrogen) atoms. The van der Waals surface area contributed by atoms with Gasteiger partial charge in [-0.2, -0.15) is 0 Å². The maximum Gasteiger partial charge on any atom is 0.125 e. The zero-order valence-corrected chi connectivity index (χ0v) is 12.5. The first-order valence-corrected chi connectivity index (χ1v) is 4.76. The molecule has 0 unspecified atom stereocenters. The molecule has 0 amide bonds. The van der Waals surface area contributed by atoms with Crippen molar-refractivity contribution in [3.8, 4) is 0 Å². The summed E-state index contributed by atoms with van der Waals surface area (Å²) in [6, 6.07) is 3.95. The molecule has 0 bridgehead atoms. The van der Waals surface area contributed by atoms with E-state index in [1.807, 2.05) is 26.2 Å². The summed E-state index contributed by atoms with van der Waals surface area (Å²) in [5.41, 5.74) is 6.53. The van der Waals surface area contributed by atoms with Crippen LogP contribution in [-0.4, -0.2) is 37.1 Å². The zero-order valence-electron chi connectivity index (χ0n) is 10.0. The van der Waals surface area contributed by atoms with Crippen molar-refractivity contribution in [2.45, 2.75) is 6.54 Å². The lowest BCUT2D eigenvalue weighted by atomic mass is 10.3. The summed E-state index contributed by atoms with van der Waals surface area (Å²) in [5, 5.41) is 3.23. The fraction of sp³-hybridized carbons (Fsp3) is 0.500. The molecule has 102 valence electrons. The number of likely N-dealkylation sites (N-methyl/N-ethyl adjacent to an activating group) is 1. The normalized spacial score (nSPS) is 8.71. The number of nitrogens with one attached hydrogen (secondary N) is 1. The number of hydrogen-bond donors (Lipinski definition) is 2. The summed E-state index contributed by atoms with van der Waals surface area (Å²) < 4.78 is 0. The second-order valence-corrected chi connectivity index (χ2v) is 3.49. The molecule has 0 atom stereocenters. The lowest BCUT2D eigenvalue weighted by Gasteiger charge is -2.10. The molecule has 1 rings (SSSR count). The van der Waals surface area contributed by atoms with E-state index in [0.29, 0.717) is 6.54 Å². The Hall–Kier alpha value is -0.260. The molecule has 0 aromatic carbocycles. The van der Waals surface area contributed by atoms with Gasteiger partial charge < -0.3 is 16.0 Å². The molecule has 1 aromatic rings. The fourth-order valence-electron chi connectivity index (χ4n) is 1.06. The molecule has 0 fully saturated rings. The van der Waals surface area contributed by atoms with Gasteiger partial charge in [-0.25, -0.2) is 4.98 Å². The minimum absolute atomic E-state index is 0. The lowest BCUT2D eigenvalue weighted by Crippen LogP contribution is -2.21. The first-order valence-electron chi connectivity index (χ1n) is 4.76. The van der Waals surface area contributed by atoms with E-state index < -0.39 is 0 Å². The number of nitrogens with two attached hydrogens (primary N) is 1. The molecule has 0 aliphatic carbocycles. The van der Waals surface area contributed by atoms with Gasteiger partial charge in [-0.15, -0.1) is 37.2 Å². The molecule has 4 nitrogen and oxygen atoms in total. The molecule has 0 spiro atoms. The third-order valence-corrected chi connectivity index (χ3v) is 1.93. The smallest absolute Gasteiger partial charge is 0.125 e. The first-order chi connectivity index (χ1) is 6.72. The summed E-state index contributed by atoms with van der Waals surface area (Å²) >= 11 is 0. The highest BCUT2D eigenvalue weighted by molar-refractivity contribution is 5.86. The topological polar surface area (TPSA) is 54.2 Å². The van der Waals surface area contributed by atoms with Crippen LogP contribution in [0.15, 0.2) is 18.3 Å². The monoisotopic (exact) mass is 302 g/mol. The quantitative estimate of drug-likeness (QED) is 0.870. The van der Waals surface area contributed by atoms with Gasteiger partial charge in [-0.1, -0.05) is 6.07 Å². The maximum absolute atomic E-state index is 5.47. The van der Waals surface area contributed by atoms with Crippen LogP contribution in [0.1, 0.15) is 5.56 Å². The van der Waals surface area contributed by atoms with Gasteiger partial charge in [-0.05, 0) is 25.7 Å². The second-order valence-electron chi connectivity index (χ2n) is 3.49. The number of hydrogen-bond acceptors (Lipinski definition) is 4. The minimum Gasteiger partial charge on any atom is -0.369 e. The summed E-state index contributed by atoms with van der Waals surface area (Å²) in [5.74, 6) is 0.907. The number of anilines is 1. The van der Waals surface area contributed by atoms with Gasteiger partial charge in [0.1, 0.15) is 5.82 Å². The SMILES string of the molecule is CN(C)CCNc1ccc(CN)cn1.Cl.Cl.Cl. The number of halogens is 3. The van der Waals surface area contributed by atoms with E-state index in [1.54, 1.807) is 6.20 Å². The molecular weight excluding hydrogens is 282 g/mol. The highest BCUT2D eigenvalue weighted by atomic mass is 35.5. The lowest BCUT2D eigenvalue weighted by molar-refractivity contribution is 0.425. The summed E-state index contributed by atoms with van der Waals surface area (Å²) in [6.07, 6.45) is 1.80. The van der Waals surface area contributed by atoms with Crippen LogP contribution in [0.25, 0.3) is 0 Å². The largest absolute Gasteiger partial charge is 0.369 e. The molecule has 1 heterocycles. The molecule has 0 aliphatic heterocycles. The Balaban J connectivity index is -0.000000653. The van der Waals surface area contributed by atoms with Gasteiger partial charge >= 0.3 is 0 Å². The molecule has 0 aliphatic rings. The van der Waals surface area contributed by atoms with Crippen molar-refractivity contribution in [2.24, 2.45) is 5.73 Å². The Kier molecular flexibility index (Phi) is 15.8.